The van der Waals surface area contributed by atoms with Gasteiger partial charge in [-0.15, -0.1) is 11.8 Å². The van der Waals surface area contributed by atoms with Crippen molar-refractivity contribution in [3.8, 4) is 5.75 Å². The molecule has 1 aliphatic heterocycles. The Bertz CT molecular complexity index is 953. The maximum Gasteiger partial charge on any atom is 0.252 e. The number of hydrogen-bond donors (Lipinski definition) is 1. The van der Waals surface area contributed by atoms with Gasteiger partial charge in [0.15, 0.2) is 0 Å². The fourth-order valence-corrected chi connectivity index (χ4v) is 5.69. The lowest BCUT2D eigenvalue weighted by Gasteiger charge is -2.15. The summed E-state index contributed by atoms with van der Waals surface area (Å²) in [6.45, 7) is 6.00. The second-order valence-corrected chi connectivity index (χ2v) is 10.9. The first-order valence-electron chi connectivity index (χ1n) is 10.1. The molecule has 30 heavy (non-hydrogen) atoms. The van der Waals surface area contributed by atoms with E-state index in [1.807, 2.05) is 24.3 Å². The van der Waals surface area contributed by atoms with E-state index in [1.165, 1.54) is 4.31 Å². The smallest absolute Gasteiger partial charge is 0.252 e. The van der Waals surface area contributed by atoms with Crippen LogP contribution in [0.25, 0.3) is 0 Å². The minimum atomic E-state index is -3.42. The van der Waals surface area contributed by atoms with Gasteiger partial charge in [-0.1, -0.05) is 26.0 Å². The molecule has 0 spiro atoms. The summed E-state index contributed by atoms with van der Waals surface area (Å²) in [5.74, 6) is 0.440. The van der Waals surface area contributed by atoms with Gasteiger partial charge < -0.3 is 10.1 Å². The number of nitrogens with one attached hydrogen (secondary N) is 1. The molecule has 2 aromatic rings. The first-order valence-corrected chi connectivity index (χ1v) is 12.5. The predicted molar refractivity (Wildman–Crippen MR) is 120 cm³/mol. The lowest BCUT2D eigenvalue weighted by atomic mass is 10.2. The summed E-state index contributed by atoms with van der Waals surface area (Å²) < 4.78 is 32.3. The highest BCUT2D eigenvalue weighted by molar-refractivity contribution is 8.00. The van der Waals surface area contributed by atoms with Gasteiger partial charge in [0.2, 0.25) is 10.0 Å². The van der Waals surface area contributed by atoms with Crippen molar-refractivity contribution in [3.63, 3.8) is 0 Å². The Balaban J connectivity index is 1.50. The molecule has 1 amide bonds. The molecule has 2 aromatic carbocycles. The third-order valence-corrected chi connectivity index (χ3v) is 7.67. The first-order chi connectivity index (χ1) is 14.4. The molecule has 1 fully saturated rings. The van der Waals surface area contributed by atoms with E-state index in [0.29, 0.717) is 42.8 Å². The molecule has 162 valence electrons. The van der Waals surface area contributed by atoms with Gasteiger partial charge in [-0.05, 0) is 49.2 Å². The maximum absolute atomic E-state index is 12.5. The van der Waals surface area contributed by atoms with Crippen LogP contribution in [0.15, 0.2) is 58.3 Å². The Morgan fingerprint density at radius 1 is 1.10 bits per heavy atom. The van der Waals surface area contributed by atoms with E-state index >= 15 is 0 Å². The van der Waals surface area contributed by atoms with E-state index in [-0.39, 0.29) is 10.8 Å². The Morgan fingerprint density at radius 2 is 1.77 bits per heavy atom. The van der Waals surface area contributed by atoms with Crippen LogP contribution in [-0.2, 0) is 10.0 Å². The zero-order valence-electron chi connectivity index (χ0n) is 17.3. The zero-order chi connectivity index (χ0) is 21.6. The van der Waals surface area contributed by atoms with E-state index in [9.17, 15) is 13.2 Å². The Hall–Kier alpha value is -2.03. The summed E-state index contributed by atoms with van der Waals surface area (Å²) in [7, 11) is -3.42. The van der Waals surface area contributed by atoms with Gasteiger partial charge in [0.05, 0.1) is 17.0 Å². The second kappa shape index (κ2) is 10.3. The van der Waals surface area contributed by atoms with Gasteiger partial charge in [0.25, 0.3) is 5.91 Å². The van der Waals surface area contributed by atoms with Gasteiger partial charge in [-0.2, -0.15) is 4.31 Å². The van der Waals surface area contributed by atoms with Crippen LogP contribution >= 0.6 is 11.8 Å². The number of carbonyl (C=O) groups is 1. The highest BCUT2D eigenvalue weighted by atomic mass is 32.2. The average molecular weight is 449 g/mol. The fourth-order valence-electron chi connectivity index (χ4n) is 3.22. The SMILES string of the molecule is CC(C)Sc1ccccc1C(=O)NCCOc1ccc(S(=O)(=O)N2CCCC2)cc1. The zero-order valence-corrected chi connectivity index (χ0v) is 19.0. The molecule has 0 saturated carbocycles. The van der Waals surface area contributed by atoms with Crippen LogP contribution < -0.4 is 10.1 Å². The van der Waals surface area contributed by atoms with E-state index in [0.717, 1.165) is 17.7 Å². The number of ether oxygens (including phenoxy) is 1. The van der Waals surface area contributed by atoms with Crippen molar-refractivity contribution in [3.05, 3.63) is 54.1 Å². The van der Waals surface area contributed by atoms with Crippen molar-refractivity contribution in [1.29, 1.82) is 0 Å². The normalized spacial score (nSPS) is 14.8. The number of benzene rings is 2. The summed E-state index contributed by atoms with van der Waals surface area (Å²) in [5.41, 5.74) is 0.660. The van der Waals surface area contributed by atoms with Crippen LogP contribution in [0.3, 0.4) is 0 Å². The summed E-state index contributed by atoms with van der Waals surface area (Å²) >= 11 is 1.66. The molecule has 0 atom stereocenters. The summed E-state index contributed by atoms with van der Waals surface area (Å²) in [6, 6.07) is 14.0. The van der Waals surface area contributed by atoms with Crippen LogP contribution in [-0.4, -0.2) is 50.1 Å². The predicted octanol–water partition coefficient (Wildman–Crippen LogP) is 3.78. The molecule has 0 unspecified atom stereocenters. The van der Waals surface area contributed by atoms with Crippen LogP contribution in [0.1, 0.15) is 37.0 Å². The van der Waals surface area contributed by atoms with E-state index in [2.05, 4.69) is 19.2 Å². The first kappa shape index (κ1) is 22.7. The molecule has 1 N–H and O–H groups in total. The Kier molecular flexibility index (Phi) is 7.80. The lowest BCUT2D eigenvalue weighted by Crippen LogP contribution is -2.28. The number of hydrogen-bond acceptors (Lipinski definition) is 5. The quantitative estimate of drug-likeness (QED) is 0.467. The summed E-state index contributed by atoms with van der Waals surface area (Å²) in [5, 5.41) is 3.26. The summed E-state index contributed by atoms with van der Waals surface area (Å²) in [4.78, 5) is 13.7. The molecule has 1 aliphatic rings. The van der Waals surface area contributed by atoms with Crippen molar-refractivity contribution in [2.75, 3.05) is 26.2 Å². The Morgan fingerprint density at radius 3 is 2.43 bits per heavy atom. The largest absolute Gasteiger partial charge is 0.492 e. The molecule has 0 aliphatic carbocycles. The number of carbonyl (C=O) groups excluding carboxylic acids is 1. The standard InChI is InChI=1S/C22H28N2O4S2/c1-17(2)29-21-8-4-3-7-20(21)22(25)23-13-16-28-18-9-11-19(12-10-18)30(26,27)24-14-5-6-15-24/h3-4,7-12,17H,5-6,13-16H2,1-2H3,(H,23,25). The molecule has 1 saturated heterocycles. The number of rotatable bonds is 9. The number of thioether (sulfide) groups is 1. The molecule has 8 heteroatoms. The van der Waals surface area contributed by atoms with Crippen LogP contribution in [0.2, 0.25) is 0 Å². The van der Waals surface area contributed by atoms with Gasteiger partial charge in [0, 0.05) is 23.2 Å². The van der Waals surface area contributed by atoms with Crippen molar-refractivity contribution in [2.45, 2.75) is 41.7 Å². The molecule has 0 aromatic heterocycles. The third kappa shape index (κ3) is 5.77. The summed E-state index contributed by atoms with van der Waals surface area (Å²) in [6.07, 6.45) is 1.82. The number of amides is 1. The highest BCUT2D eigenvalue weighted by Gasteiger charge is 2.26. The highest BCUT2D eigenvalue weighted by Crippen LogP contribution is 2.26. The molecule has 0 bridgehead atoms. The van der Waals surface area contributed by atoms with Gasteiger partial charge in [-0.3, -0.25) is 4.79 Å². The monoisotopic (exact) mass is 448 g/mol. The maximum atomic E-state index is 12.5. The third-order valence-electron chi connectivity index (χ3n) is 4.68. The molecule has 3 rings (SSSR count). The second-order valence-electron chi connectivity index (χ2n) is 7.35. The van der Waals surface area contributed by atoms with Crippen LogP contribution in [0, 0.1) is 0 Å². The topological polar surface area (TPSA) is 75.7 Å². The van der Waals surface area contributed by atoms with E-state index in [1.54, 1.807) is 36.0 Å². The minimum Gasteiger partial charge on any atom is -0.492 e. The van der Waals surface area contributed by atoms with Gasteiger partial charge in [0.1, 0.15) is 12.4 Å². The molecule has 1 heterocycles. The Labute approximate surface area is 183 Å². The van der Waals surface area contributed by atoms with Crippen molar-refractivity contribution in [1.82, 2.24) is 9.62 Å². The fraction of sp³-hybridized carbons (Fsp3) is 0.409. The van der Waals surface area contributed by atoms with Crippen molar-refractivity contribution in [2.24, 2.45) is 0 Å². The van der Waals surface area contributed by atoms with E-state index in [4.69, 9.17) is 4.74 Å². The van der Waals surface area contributed by atoms with Crippen LogP contribution in [0.5, 0.6) is 5.75 Å². The van der Waals surface area contributed by atoms with Gasteiger partial charge in [-0.25, -0.2) is 8.42 Å². The van der Waals surface area contributed by atoms with E-state index < -0.39 is 10.0 Å². The average Bonchev–Trinajstić information content (AvgIpc) is 3.27. The van der Waals surface area contributed by atoms with Crippen molar-refractivity contribution < 1.29 is 17.9 Å². The van der Waals surface area contributed by atoms with Gasteiger partial charge >= 0.3 is 0 Å². The minimum absolute atomic E-state index is 0.130. The number of sulfonamides is 1. The number of nitrogens with zero attached hydrogens (tertiary/aromatic N) is 1. The molecule has 6 nitrogen and oxygen atoms in total. The van der Waals surface area contributed by atoms with Crippen LogP contribution in [0.4, 0.5) is 0 Å². The molecule has 0 radical (unpaired) electrons. The lowest BCUT2D eigenvalue weighted by molar-refractivity contribution is 0.0944. The molecular weight excluding hydrogens is 420 g/mol. The van der Waals surface area contributed by atoms with Crippen molar-refractivity contribution >= 4 is 27.7 Å². The molecular formula is C22H28N2O4S2.